The third-order valence-corrected chi connectivity index (χ3v) is 2.53. The van der Waals surface area contributed by atoms with Gasteiger partial charge in [0.05, 0.1) is 5.56 Å². The van der Waals surface area contributed by atoms with Gasteiger partial charge >= 0.3 is 6.18 Å². The molecule has 2 N–H and O–H groups in total. The standard InChI is InChI=1S/C10H11F3N2/c11-10(12,13)8-3-9(6-1-2-6)15-5-7(8)4-14/h3,5-6H,1-2,4,14H2. The number of hydrogen-bond donors (Lipinski definition) is 1. The molecule has 0 unspecified atom stereocenters. The number of nitrogens with zero attached hydrogens (tertiary/aromatic N) is 1. The molecule has 0 spiro atoms. The van der Waals surface area contributed by atoms with Crippen LogP contribution in [-0.2, 0) is 12.7 Å². The maximum absolute atomic E-state index is 12.6. The highest BCUT2D eigenvalue weighted by molar-refractivity contribution is 5.31. The molecule has 15 heavy (non-hydrogen) atoms. The van der Waals surface area contributed by atoms with Gasteiger partial charge in [-0.1, -0.05) is 0 Å². The lowest BCUT2D eigenvalue weighted by molar-refractivity contribution is -0.138. The van der Waals surface area contributed by atoms with Crippen molar-refractivity contribution in [1.29, 1.82) is 0 Å². The molecule has 1 aliphatic carbocycles. The Morgan fingerprint density at radius 1 is 1.40 bits per heavy atom. The van der Waals surface area contributed by atoms with Crippen molar-refractivity contribution in [2.75, 3.05) is 0 Å². The van der Waals surface area contributed by atoms with Crippen molar-refractivity contribution < 1.29 is 13.2 Å². The average Bonchev–Trinajstić information content (AvgIpc) is 2.98. The topological polar surface area (TPSA) is 38.9 Å². The van der Waals surface area contributed by atoms with Gasteiger partial charge in [-0.15, -0.1) is 0 Å². The van der Waals surface area contributed by atoms with Gasteiger partial charge in [0.25, 0.3) is 0 Å². The second-order valence-electron chi connectivity index (χ2n) is 3.74. The minimum atomic E-state index is -4.33. The summed E-state index contributed by atoms with van der Waals surface area (Å²) < 4.78 is 37.8. The van der Waals surface area contributed by atoms with E-state index in [1.54, 1.807) is 0 Å². The summed E-state index contributed by atoms with van der Waals surface area (Å²) in [5.74, 6) is 0.220. The largest absolute Gasteiger partial charge is 0.416 e. The third-order valence-electron chi connectivity index (χ3n) is 2.53. The van der Waals surface area contributed by atoms with Crippen LogP contribution in [0.25, 0.3) is 0 Å². The lowest BCUT2D eigenvalue weighted by Crippen LogP contribution is -2.13. The summed E-state index contributed by atoms with van der Waals surface area (Å²) in [6, 6.07) is 1.14. The number of aromatic nitrogens is 1. The molecular weight excluding hydrogens is 205 g/mol. The second-order valence-corrected chi connectivity index (χ2v) is 3.74. The van der Waals surface area contributed by atoms with E-state index < -0.39 is 11.7 Å². The highest BCUT2D eigenvalue weighted by Crippen LogP contribution is 2.41. The normalized spacial score (nSPS) is 16.8. The highest BCUT2D eigenvalue weighted by Gasteiger charge is 2.35. The number of alkyl halides is 3. The predicted molar refractivity (Wildman–Crippen MR) is 49.1 cm³/mol. The molecule has 1 aromatic heterocycles. The van der Waals surface area contributed by atoms with Crippen molar-refractivity contribution in [3.63, 3.8) is 0 Å². The van der Waals surface area contributed by atoms with E-state index in [1.807, 2.05) is 0 Å². The summed E-state index contributed by atoms with van der Waals surface area (Å²) in [7, 11) is 0. The molecule has 82 valence electrons. The SMILES string of the molecule is NCc1cnc(C2CC2)cc1C(F)(F)F. The molecule has 2 rings (SSSR count). The molecule has 0 bridgehead atoms. The maximum Gasteiger partial charge on any atom is 0.416 e. The first kappa shape index (κ1) is 10.4. The average molecular weight is 216 g/mol. The van der Waals surface area contributed by atoms with Gasteiger partial charge in [-0.2, -0.15) is 13.2 Å². The molecule has 5 heteroatoms. The summed E-state index contributed by atoms with van der Waals surface area (Å²) in [5.41, 5.74) is 5.22. The fourth-order valence-corrected chi connectivity index (χ4v) is 1.53. The Bertz CT molecular complexity index is 369. The fraction of sp³-hybridized carbons (Fsp3) is 0.500. The quantitative estimate of drug-likeness (QED) is 0.824. The van der Waals surface area contributed by atoms with Gasteiger partial charge < -0.3 is 5.73 Å². The Morgan fingerprint density at radius 3 is 2.53 bits per heavy atom. The van der Waals surface area contributed by atoms with E-state index in [2.05, 4.69) is 4.98 Å². The first-order valence-corrected chi connectivity index (χ1v) is 4.78. The van der Waals surface area contributed by atoms with Crippen molar-refractivity contribution in [1.82, 2.24) is 4.98 Å². The van der Waals surface area contributed by atoms with Crippen LogP contribution in [0, 0.1) is 0 Å². The summed E-state index contributed by atoms with van der Waals surface area (Å²) in [5, 5.41) is 0. The second kappa shape index (κ2) is 3.48. The molecule has 1 aromatic rings. The van der Waals surface area contributed by atoms with Crippen molar-refractivity contribution in [2.45, 2.75) is 31.5 Å². The number of halogens is 3. The number of hydrogen-bond acceptors (Lipinski definition) is 2. The monoisotopic (exact) mass is 216 g/mol. The molecule has 2 nitrogen and oxygen atoms in total. The van der Waals surface area contributed by atoms with Gasteiger partial charge in [0.2, 0.25) is 0 Å². The lowest BCUT2D eigenvalue weighted by atomic mass is 10.1. The zero-order valence-electron chi connectivity index (χ0n) is 8.01. The van der Waals surface area contributed by atoms with Crippen LogP contribution in [0.5, 0.6) is 0 Å². The molecule has 0 atom stereocenters. The Hall–Kier alpha value is -1.10. The Morgan fingerprint density at radius 2 is 2.07 bits per heavy atom. The zero-order chi connectivity index (χ0) is 11.1. The van der Waals surface area contributed by atoms with Gasteiger partial charge in [-0.3, -0.25) is 4.98 Å². The van der Waals surface area contributed by atoms with E-state index >= 15 is 0 Å². The first-order valence-electron chi connectivity index (χ1n) is 4.78. The van der Waals surface area contributed by atoms with Crippen LogP contribution in [0.1, 0.15) is 35.6 Å². The van der Waals surface area contributed by atoms with Crippen molar-refractivity contribution in [3.05, 3.63) is 29.1 Å². The van der Waals surface area contributed by atoms with Gasteiger partial charge in [0.1, 0.15) is 0 Å². The maximum atomic E-state index is 12.6. The van der Waals surface area contributed by atoms with E-state index in [0.29, 0.717) is 5.69 Å². The third kappa shape index (κ3) is 2.12. The van der Waals surface area contributed by atoms with Crippen molar-refractivity contribution in [2.24, 2.45) is 5.73 Å². The molecule has 1 saturated carbocycles. The molecule has 0 saturated heterocycles. The van der Waals surface area contributed by atoms with E-state index in [4.69, 9.17) is 5.73 Å². The van der Waals surface area contributed by atoms with E-state index in [9.17, 15) is 13.2 Å². The van der Waals surface area contributed by atoms with Crippen molar-refractivity contribution >= 4 is 0 Å². The minimum absolute atomic E-state index is 0.0619. The van der Waals surface area contributed by atoms with Crippen LogP contribution < -0.4 is 5.73 Å². The predicted octanol–water partition coefficient (Wildman–Crippen LogP) is 2.44. The molecule has 0 aliphatic heterocycles. The minimum Gasteiger partial charge on any atom is -0.326 e. The summed E-state index contributed by atoms with van der Waals surface area (Å²) in [4.78, 5) is 4.01. The van der Waals surface area contributed by atoms with Crippen LogP contribution in [0.3, 0.4) is 0 Å². The molecule has 0 radical (unpaired) electrons. The molecular formula is C10H11F3N2. The van der Waals surface area contributed by atoms with Gasteiger partial charge in [0.15, 0.2) is 0 Å². The van der Waals surface area contributed by atoms with E-state index in [-0.39, 0.29) is 18.0 Å². The van der Waals surface area contributed by atoms with Crippen LogP contribution in [0.15, 0.2) is 12.3 Å². The zero-order valence-corrected chi connectivity index (χ0v) is 8.01. The Balaban J connectivity index is 2.42. The highest BCUT2D eigenvalue weighted by atomic mass is 19.4. The number of nitrogens with two attached hydrogens (primary N) is 1. The van der Waals surface area contributed by atoms with Gasteiger partial charge in [-0.25, -0.2) is 0 Å². The summed E-state index contributed by atoms with van der Waals surface area (Å²) >= 11 is 0. The first-order chi connectivity index (χ1) is 7.02. The van der Waals surface area contributed by atoms with Crippen LogP contribution in [-0.4, -0.2) is 4.98 Å². The van der Waals surface area contributed by atoms with Crippen LogP contribution in [0.2, 0.25) is 0 Å². The molecule has 0 aromatic carbocycles. The van der Waals surface area contributed by atoms with Crippen LogP contribution >= 0.6 is 0 Å². The molecule has 0 amide bonds. The Kier molecular flexibility index (Phi) is 2.42. The fourth-order valence-electron chi connectivity index (χ4n) is 1.53. The molecule has 1 aliphatic rings. The lowest BCUT2D eigenvalue weighted by Gasteiger charge is -2.12. The Labute approximate surface area is 85.3 Å². The number of pyridine rings is 1. The number of rotatable bonds is 2. The van der Waals surface area contributed by atoms with Gasteiger partial charge in [0, 0.05) is 24.4 Å². The van der Waals surface area contributed by atoms with E-state index in [0.717, 1.165) is 18.9 Å². The summed E-state index contributed by atoms with van der Waals surface area (Å²) in [6.45, 7) is -0.132. The van der Waals surface area contributed by atoms with E-state index in [1.165, 1.54) is 6.20 Å². The summed E-state index contributed by atoms with van der Waals surface area (Å²) in [6.07, 6.45) is -1.21. The molecule has 1 fully saturated rings. The molecule has 1 heterocycles. The van der Waals surface area contributed by atoms with Gasteiger partial charge in [-0.05, 0) is 24.5 Å². The smallest absolute Gasteiger partial charge is 0.326 e. The van der Waals surface area contributed by atoms with Crippen LogP contribution in [0.4, 0.5) is 13.2 Å². The van der Waals surface area contributed by atoms with Crippen molar-refractivity contribution in [3.8, 4) is 0 Å².